The van der Waals surface area contributed by atoms with E-state index in [4.69, 9.17) is 4.74 Å². The number of carbonyl (C=O) groups excluding carboxylic acids is 2. The minimum Gasteiger partial charge on any atom is -0.508 e. The molecule has 33 heavy (non-hydrogen) atoms. The molecule has 4 rings (SSSR count). The Morgan fingerprint density at radius 2 is 1.76 bits per heavy atom. The molecular weight excluding hydrogens is 432 g/mol. The van der Waals surface area contributed by atoms with Crippen molar-refractivity contribution in [1.82, 2.24) is 0 Å². The molecule has 1 aliphatic rings. The number of rotatable bonds is 4. The van der Waals surface area contributed by atoms with Crippen molar-refractivity contribution < 1.29 is 33.3 Å². The summed E-state index contributed by atoms with van der Waals surface area (Å²) in [4.78, 5) is 27.2. The van der Waals surface area contributed by atoms with Crippen LogP contribution in [0.15, 0.2) is 66.2 Å². The lowest BCUT2D eigenvalue weighted by Crippen LogP contribution is -2.29. The van der Waals surface area contributed by atoms with Gasteiger partial charge in [-0.15, -0.1) is 0 Å². The third-order valence-corrected chi connectivity index (χ3v) is 5.42. The van der Waals surface area contributed by atoms with Crippen LogP contribution in [0.1, 0.15) is 22.7 Å². The first kappa shape index (κ1) is 22.0. The van der Waals surface area contributed by atoms with Gasteiger partial charge >= 0.3 is 0 Å². The van der Waals surface area contributed by atoms with Gasteiger partial charge in [-0.2, -0.15) is 0 Å². The van der Waals surface area contributed by atoms with E-state index < -0.39 is 35.1 Å². The molecule has 0 spiro atoms. The third kappa shape index (κ3) is 3.80. The molecule has 0 saturated carbocycles. The summed E-state index contributed by atoms with van der Waals surface area (Å²) in [5.41, 5.74) is 0.873. The molecule has 168 valence electrons. The lowest BCUT2D eigenvalue weighted by atomic mass is 9.94. The summed E-state index contributed by atoms with van der Waals surface area (Å²) >= 11 is 0. The number of anilines is 1. The van der Waals surface area contributed by atoms with Crippen LogP contribution < -0.4 is 9.64 Å². The number of phenolic OH excluding ortho intramolecular Hbond substituents is 1. The van der Waals surface area contributed by atoms with Crippen LogP contribution in [0.4, 0.5) is 14.5 Å². The SMILES string of the molecule is COc1ccc(C)cc1/C(O)=C1\C(=O)C(=O)N(c2ccc(F)c(F)c2)C1c1cccc(O)c1. The van der Waals surface area contributed by atoms with E-state index >= 15 is 0 Å². The van der Waals surface area contributed by atoms with Gasteiger partial charge in [0.05, 0.1) is 24.3 Å². The van der Waals surface area contributed by atoms with E-state index in [1.165, 1.54) is 25.3 Å². The lowest BCUT2D eigenvalue weighted by Gasteiger charge is -2.25. The molecule has 1 unspecified atom stereocenters. The number of carbonyl (C=O) groups is 2. The number of Topliss-reactive ketones (excluding diaryl/α,β-unsaturated/α-hetero) is 1. The maximum atomic E-state index is 14.0. The molecule has 2 N–H and O–H groups in total. The fourth-order valence-corrected chi connectivity index (χ4v) is 3.90. The smallest absolute Gasteiger partial charge is 0.300 e. The Balaban J connectivity index is 2.00. The average Bonchev–Trinajstić information content (AvgIpc) is 3.06. The molecule has 1 fully saturated rings. The highest BCUT2D eigenvalue weighted by atomic mass is 19.2. The highest BCUT2D eigenvalue weighted by Gasteiger charge is 2.47. The van der Waals surface area contributed by atoms with E-state index in [-0.39, 0.29) is 33.9 Å². The number of amides is 1. The molecule has 0 aromatic heterocycles. The van der Waals surface area contributed by atoms with Crippen LogP contribution in [0.3, 0.4) is 0 Å². The summed E-state index contributed by atoms with van der Waals surface area (Å²) in [5.74, 6) is -4.74. The van der Waals surface area contributed by atoms with E-state index in [0.717, 1.165) is 28.7 Å². The predicted molar refractivity (Wildman–Crippen MR) is 117 cm³/mol. The van der Waals surface area contributed by atoms with E-state index in [0.29, 0.717) is 0 Å². The van der Waals surface area contributed by atoms with Gasteiger partial charge in [0, 0.05) is 11.8 Å². The number of nitrogens with zero attached hydrogens (tertiary/aromatic N) is 1. The number of ketones is 1. The van der Waals surface area contributed by atoms with Crippen molar-refractivity contribution in [2.45, 2.75) is 13.0 Å². The zero-order valence-corrected chi connectivity index (χ0v) is 17.7. The van der Waals surface area contributed by atoms with Gasteiger partial charge in [-0.3, -0.25) is 14.5 Å². The van der Waals surface area contributed by atoms with Crippen molar-refractivity contribution in [2.75, 3.05) is 12.0 Å². The van der Waals surface area contributed by atoms with Crippen LogP contribution in [-0.4, -0.2) is 29.0 Å². The molecule has 8 heteroatoms. The van der Waals surface area contributed by atoms with Gasteiger partial charge in [-0.25, -0.2) is 8.78 Å². The van der Waals surface area contributed by atoms with E-state index in [1.807, 2.05) is 0 Å². The molecule has 0 radical (unpaired) electrons. The Bertz CT molecular complexity index is 1320. The van der Waals surface area contributed by atoms with Crippen molar-refractivity contribution in [3.63, 3.8) is 0 Å². The summed E-state index contributed by atoms with van der Waals surface area (Å²) in [5, 5.41) is 21.2. The van der Waals surface area contributed by atoms with Crippen molar-refractivity contribution in [3.05, 3.63) is 94.6 Å². The van der Waals surface area contributed by atoms with Crippen molar-refractivity contribution in [2.24, 2.45) is 0 Å². The number of halogens is 2. The van der Waals surface area contributed by atoms with E-state index in [2.05, 4.69) is 0 Å². The highest BCUT2D eigenvalue weighted by molar-refractivity contribution is 6.51. The average molecular weight is 451 g/mol. The first-order valence-corrected chi connectivity index (χ1v) is 9.93. The molecule has 0 aliphatic carbocycles. The maximum absolute atomic E-state index is 14.0. The minimum absolute atomic E-state index is 0.0837. The number of aliphatic hydroxyl groups is 1. The molecule has 0 bridgehead atoms. The summed E-state index contributed by atoms with van der Waals surface area (Å²) < 4.78 is 32.8. The van der Waals surface area contributed by atoms with Crippen molar-refractivity contribution in [3.8, 4) is 11.5 Å². The summed E-state index contributed by atoms with van der Waals surface area (Å²) in [6.45, 7) is 1.78. The molecule has 1 aliphatic heterocycles. The molecule has 1 amide bonds. The summed E-state index contributed by atoms with van der Waals surface area (Å²) in [7, 11) is 1.40. The number of ether oxygens (including phenoxy) is 1. The number of methoxy groups -OCH3 is 1. The quantitative estimate of drug-likeness (QED) is 0.344. The van der Waals surface area contributed by atoms with Gasteiger partial charge in [-0.1, -0.05) is 23.8 Å². The highest BCUT2D eigenvalue weighted by Crippen LogP contribution is 2.44. The molecule has 3 aromatic rings. The summed E-state index contributed by atoms with van der Waals surface area (Å²) in [6, 6.07) is 12.3. The van der Waals surface area contributed by atoms with Crippen LogP contribution in [0.5, 0.6) is 11.5 Å². The van der Waals surface area contributed by atoms with Gasteiger partial charge in [0.1, 0.15) is 17.3 Å². The van der Waals surface area contributed by atoms with Crippen LogP contribution in [0, 0.1) is 18.6 Å². The van der Waals surface area contributed by atoms with Gasteiger partial charge in [0.2, 0.25) is 0 Å². The number of benzene rings is 3. The van der Waals surface area contributed by atoms with Gasteiger partial charge < -0.3 is 14.9 Å². The molecule has 1 atom stereocenters. The number of aryl methyl sites for hydroxylation is 1. The monoisotopic (exact) mass is 451 g/mol. The number of aliphatic hydroxyl groups excluding tert-OH is 1. The molecule has 1 saturated heterocycles. The van der Waals surface area contributed by atoms with Crippen LogP contribution >= 0.6 is 0 Å². The largest absolute Gasteiger partial charge is 0.508 e. The third-order valence-electron chi connectivity index (χ3n) is 5.42. The standard InChI is InChI=1S/C25H19F2NO5/c1-13-6-9-20(33-2)17(10-13)23(30)21-22(14-4-3-5-16(29)11-14)28(25(32)24(21)31)15-7-8-18(26)19(27)12-15/h3-12,22,29-30H,1-2H3/b23-21+. The summed E-state index contributed by atoms with van der Waals surface area (Å²) in [6.07, 6.45) is 0. The fraction of sp³-hybridized carbons (Fsp3) is 0.120. The van der Waals surface area contributed by atoms with E-state index in [1.54, 1.807) is 31.2 Å². The molecule has 3 aromatic carbocycles. The number of aromatic hydroxyl groups is 1. The molecule has 1 heterocycles. The normalized spacial score (nSPS) is 17.5. The predicted octanol–water partition coefficient (Wildman–Crippen LogP) is 4.61. The molecular formula is C25H19F2NO5. The van der Waals surface area contributed by atoms with E-state index in [9.17, 15) is 28.6 Å². The molecule has 6 nitrogen and oxygen atoms in total. The Hall–Kier alpha value is -4.20. The van der Waals surface area contributed by atoms with Gasteiger partial charge in [0.15, 0.2) is 11.6 Å². The second-order valence-electron chi connectivity index (χ2n) is 7.57. The Morgan fingerprint density at radius 3 is 2.42 bits per heavy atom. The number of hydrogen-bond donors (Lipinski definition) is 2. The second kappa shape index (κ2) is 8.38. The Kier molecular flexibility index (Phi) is 5.59. The minimum atomic E-state index is -1.22. The number of hydrogen-bond acceptors (Lipinski definition) is 5. The fourth-order valence-electron chi connectivity index (χ4n) is 3.90. The van der Waals surface area contributed by atoms with Crippen molar-refractivity contribution in [1.29, 1.82) is 0 Å². The lowest BCUT2D eigenvalue weighted by molar-refractivity contribution is -0.132. The maximum Gasteiger partial charge on any atom is 0.300 e. The van der Waals surface area contributed by atoms with Gasteiger partial charge in [-0.05, 0) is 48.9 Å². The topological polar surface area (TPSA) is 87.1 Å². The first-order valence-electron chi connectivity index (χ1n) is 9.93. The zero-order valence-electron chi connectivity index (χ0n) is 17.7. The Morgan fingerprint density at radius 1 is 1.00 bits per heavy atom. The number of phenols is 1. The zero-order chi connectivity index (χ0) is 23.9. The van der Waals surface area contributed by atoms with Gasteiger partial charge in [0.25, 0.3) is 11.7 Å². The van der Waals surface area contributed by atoms with Crippen LogP contribution in [-0.2, 0) is 9.59 Å². The van der Waals surface area contributed by atoms with Crippen LogP contribution in [0.2, 0.25) is 0 Å². The van der Waals surface area contributed by atoms with Crippen molar-refractivity contribution >= 4 is 23.1 Å². The van der Waals surface area contributed by atoms with Crippen LogP contribution in [0.25, 0.3) is 5.76 Å². The Labute approximate surface area is 188 Å². The second-order valence-corrected chi connectivity index (χ2v) is 7.57. The first-order chi connectivity index (χ1) is 15.7.